The van der Waals surface area contributed by atoms with E-state index in [9.17, 15) is 0 Å². The van der Waals surface area contributed by atoms with E-state index in [1.54, 1.807) is 25.6 Å². The van der Waals surface area contributed by atoms with Crippen LogP contribution in [0, 0.1) is 0 Å². The zero-order valence-corrected chi connectivity index (χ0v) is 12.7. The van der Waals surface area contributed by atoms with E-state index in [1.807, 2.05) is 19.2 Å². The highest BCUT2D eigenvalue weighted by molar-refractivity contribution is 7.13. The van der Waals surface area contributed by atoms with E-state index < -0.39 is 0 Å². The summed E-state index contributed by atoms with van der Waals surface area (Å²) in [6.07, 6.45) is 0. The molecular formula is C14H16ClNO2S. The molecule has 2 rings (SSSR count). The maximum Gasteiger partial charge on any atom is 0.149 e. The van der Waals surface area contributed by atoms with Gasteiger partial charge in [0.25, 0.3) is 0 Å². The minimum Gasteiger partial charge on any atom is -0.495 e. The topological polar surface area (TPSA) is 30.5 Å². The Hall–Kier alpha value is -1.23. The molecule has 1 aromatic heterocycles. The van der Waals surface area contributed by atoms with Gasteiger partial charge in [0.2, 0.25) is 0 Å². The Labute approximate surface area is 122 Å². The molecule has 0 fully saturated rings. The van der Waals surface area contributed by atoms with Crippen molar-refractivity contribution in [2.24, 2.45) is 0 Å². The molecule has 0 aliphatic rings. The Balaban J connectivity index is 2.46. The Bertz CT molecular complexity index is 569. The largest absolute Gasteiger partial charge is 0.495 e. The third kappa shape index (κ3) is 2.86. The van der Waals surface area contributed by atoms with Crippen LogP contribution in [-0.4, -0.2) is 21.3 Å². The molecule has 102 valence electrons. The predicted molar refractivity (Wildman–Crippen MR) is 80.6 cm³/mol. The van der Waals surface area contributed by atoms with Gasteiger partial charge in [-0.2, -0.15) is 0 Å². The highest BCUT2D eigenvalue weighted by Gasteiger charge is 2.15. The Morgan fingerprint density at radius 2 is 2.05 bits per heavy atom. The molecule has 0 radical (unpaired) electrons. The number of methoxy groups -OCH3 is 2. The van der Waals surface area contributed by atoms with Crippen LogP contribution in [0.3, 0.4) is 0 Å². The minimum atomic E-state index is 0.506. The second kappa shape index (κ2) is 6.28. The van der Waals surface area contributed by atoms with Gasteiger partial charge >= 0.3 is 0 Å². The number of benzene rings is 1. The van der Waals surface area contributed by atoms with Crippen molar-refractivity contribution in [2.45, 2.75) is 6.54 Å². The summed E-state index contributed by atoms with van der Waals surface area (Å²) in [4.78, 5) is 1.13. The third-order valence-electron chi connectivity index (χ3n) is 2.79. The van der Waals surface area contributed by atoms with Gasteiger partial charge in [-0.25, -0.2) is 0 Å². The third-order valence-corrected chi connectivity index (χ3v) is 4.16. The van der Waals surface area contributed by atoms with E-state index in [0.717, 1.165) is 17.0 Å². The van der Waals surface area contributed by atoms with Gasteiger partial charge in [0.1, 0.15) is 16.5 Å². The van der Waals surface area contributed by atoms with E-state index in [2.05, 4.69) is 16.8 Å². The van der Waals surface area contributed by atoms with Crippen molar-refractivity contribution in [3.63, 3.8) is 0 Å². The van der Waals surface area contributed by atoms with Gasteiger partial charge in [-0.3, -0.25) is 0 Å². The van der Waals surface area contributed by atoms with Crippen molar-refractivity contribution in [3.8, 4) is 21.9 Å². The van der Waals surface area contributed by atoms with Gasteiger partial charge in [0.15, 0.2) is 0 Å². The minimum absolute atomic E-state index is 0.506. The van der Waals surface area contributed by atoms with Crippen molar-refractivity contribution in [1.82, 2.24) is 5.32 Å². The number of thiophene rings is 1. The summed E-state index contributed by atoms with van der Waals surface area (Å²) in [5.74, 6) is 1.27. The van der Waals surface area contributed by atoms with Crippen LogP contribution in [0.4, 0.5) is 0 Å². The Morgan fingerprint density at radius 1 is 1.26 bits per heavy atom. The number of hydrogen-bond acceptors (Lipinski definition) is 4. The molecule has 1 N–H and O–H groups in total. The summed E-state index contributed by atoms with van der Waals surface area (Å²) in [7, 11) is 5.14. The van der Waals surface area contributed by atoms with Gasteiger partial charge < -0.3 is 14.8 Å². The molecule has 2 aromatic rings. The highest BCUT2D eigenvalue weighted by Crippen LogP contribution is 2.43. The Morgan fingerprint density at radius 3 is 2.68 bits per heavy atom. The van der Waals surface area contributed by atoms with E-state index in [4.69, 9.17) is 21.1 Å². The maximum absolute atomic E-state index is 6.27. The first kappa shape index (κ1) is 14.2. The first-order valence-electron chi connectivity index (χ1n) is 5.84. The van der Waals surface area contributed by atoms with Gasteiger partial charge in [0, 0.05) is 17.0 Å². The molecule has 0 atom stereocenters. The summed E-state index contributed by atoms with van der Waals surface area (Å²) in [6.45, 7) is 0.850. The van der Waals surface area contributed by atoms with Crippen LogP contribution < -0.4 is 14.8 Å². The van der Waals surface area contributed by atoms with Crippen molar-refractivity contribution >= 4 is 22.9 Å². The molecule has 0 amide bonds. The molecule has 1 aromatic carbocycles. The van der Waals surface area contributed by atoms with Crippen molar-refractivity contribution in [3.05, 3.63) is 34.2 Å². The summed E-state index contributed by atoms with van der Waals surface area (Å²) < 4.78 is 10.6. The fourth-order valence-corrected chi connectivity index (χ4v) is 3.16. The van der Waals surface area contributed by atoms with Crippen LogP contribution in [0.2, 0.25) is 5.02 Å². The molecular weight excluding hydrogens is 282 g/mol. The molecule has 0 saturated heterocycles. The molecule has 0 bridgehead atoms. The normalized spacial score (nSPS) is 10.5. The summed E-state index contributed by atoms with van der Waals surface area (Å²) in [5.41, 5.74) is 2.23. The van der Waals surface area contributed by atoms with Gasteiger partial charge in [0.05, 0.1) is 14.2 Å². The van der Waals surface area contributed by atoms with E-state index >= 15 is 0 Å². The van der Waals surface area contributed by atoms with Crippen LogP contribution in [0.5, 0.6) is 11.5 Å². The zero-order chi connectivity index (χ0) is 13.8. The number of rotatable bonds is 5. The molecule has 19 heavy (non-hydrogen) atoms. The monoisotopic (exact) mass is 297 g/mol. The first-order chi connectivity index (χ1) is 9.21. The summed E-state index contributed by atoms with van der Waals surface area (Å²) in [6, 6.07) is 5.97. The Kier molecular flexibility index (Phi) is 4.69. The SMILES string of the molecule is CNCc1csc(-c2ccc(OC)c(Cl)c2OC)c1. The quantitative estimate of drug-likeness (QED) is 0.910. The number of hydrogen-bond donors (Lipinski definition) is 1. The molecule has 3 nitrogen and oxygen atoms in total. The summed E-state index contributed by atoms with van der Waals surface area (Å²) in [5, 5.41) is 5.77. The lowest BCUT2D eigenvalue weighted by Gasteiger charge is -2.12. The molecule has 0 unspecified atom stereocenters. The second-order valence-corrected chi connectivity index (χ2v) is 5.30. The van der Waals surface area contributed by atoms with Crippen LogP contribution in [0.1, 0.15) is 5.56 Å². The molecule has 5 heteroatoms. The van der Waals surface area contributed by atoms with Crippen LogP contribution in [0.15, 0.2) is 23.6 Å². The smallest absolute Gasteiger partial charge is 0.149 e. The van der Waals surface area contributed by atoms with E-state index in [-0.39, 0.29) is 0 Å². The van der Waals surface area contributed by atoms with Crippen LogP contribution in [-0.2, 0) is 6.54 Å². The van der Waals surface area contributed by atoms with Crippen LogP contribution in [0.25, 0.3) is 10.4 Å². The van der Waals surface area contributed by atoms with E-state index in [0.29, 0.717) is 16.5 Å². The first-order valence-corrected chi connectivity index (χ1v) is 7.09. The fraction of sp³-hybridized carbons (Fsp3) is 0.286. The van der Waals surface area contributed by atoms with Crippen LogP contribution >= 0.6 is 22.9 Å². The lowest BCUT2D eigenvalue weighted by molar-refractivity contribution is 0.396. The molecule has 0 aliphatic carbocycles. The molecule has 0 saturated carbocycles. The van der Waals surface area contributed by atoms with Gasteiger partial charge in [-0.15, -0.1) is 11.3 Å². The number of nitrogens with one attached hydrogen (secondary N) is 1. The highest BCUT2D eigenvalue weighted by atomic mass is 35.5. The van der Waals surface area contributed by atoms with Crippen molar-refractivity contribution in [1.29, 1.82) is 0 Å². The molecule has 0 spiro atoms. The molecule has 1 heterocycles. The maximum atomic E-state index is 6.27. The predicted octanol–water partition coefficient (Wildman–Crippen LogP) is 3.81. The lowest BCUT2D eigenvalue weighted by atomic mass is 10.1. The van der Waals surface area contributed by atoms with Crippen molar-refractivity contribution in [2.75, 3.05) is 21.3 Å². The fourth-order valence-electron chi connectivity index (χ4n) is 1.90. The summed E-state index contributed by atoms with van der Waals surface area (Å²) >= 11 is 7.95. The standard InChI is InChI=1S/C14H16ClNO2S/c1-16-7-9-6-12(19-8-9)10-4-5-11(17-2)13(15)14(10)18-3/h4-6,8,16H,7H2,1-3H3. The van der Waals surface area contributed by atoms with Gasteiger partial charge in [-0.1, -0.05) is 11.6 Å². The number of halogens is 1. The van der Waals surface area contributed by atoms with E-state index in [1.165, 1.54) is 5.56 Å². The number of ether oxygens (including phenoxy) is 2. The van der Waals surface area contributed by atoms with Crippen molar-refractivity contribution < 1.29 is 9.47 Å². The molecule has 0 aliphatic heterocycles. The average molecular weight is 298 g/mol. The van der Waals surface area contributed by atoms with Gasteiger partial charge in [-0.05, 0) is 36.2 Å². The average Bonchev–Trinajstić information content (AvgIpc) is 2.87. The zero-order valence-electron chi connectivity index (χ0n) is 11.1. The second-order valence-electron chi connectivity index (χ2n) is 4.01. The lowest BCUT2D eigenvalue weighted by Crippen LogP contribution is -2.03.